The van der Waals surface area contributed by atoms with Crippen molar-refractivity contribution >= 4 is 33.5 Å². The maximum absolute atomic E-state index is 13.6. The molecule has 0 radical (unpaired) electrons. The molecule has 0 aliphatic carbocycles. The van der Waals surface area contributed by atoms with Gasteiger partial charge in [0.05, 0.1) is 11.3 Å². The van der Waals surface area contributed by atoms with E-state index in [9.17, 15) is 14.0 Å². The van der Waals surface area contributed by atoms with Crippen molar-refractivity contribution in [2.24, 2.45) is 0 Å². The van der Waals surface area contributed by atoms with Crippen molar-refractivity contribution in [1.29, 1.82) is 0 Å². The summed E-state index contributed by atoms with van der Waals surface area (Å²) in [5, 5.41) is 0. The highest BCUT2D eigenvalue weighted by atomic mass is 79.9. The van der Waals surface area contributed by atoms with Crippen LogP contribution in [0.25, 0.3) is 0 Å². The zero-order chi connectivity index (χ0) is 17.6. The van der Waals surface area contributed by atoms with Gasteiger partial charge < -0.3 is 4.74 Å². The molecule has 1 amide bonds. The van der Waals surface area contributed by atoms with E-state index in [0.717, 1.165) is 4.47 Å². The molecule has 0 bridgehead atoms. The van der Waals surface area contributed by atoms with Crippen LogP contribution < -0.4 is 4.90 Å². The summed E-state index contributed by atoms with van der Waals surface area (Å²) in [6.45, 7) is 0.0399. The Kier molecular flexibility index (Phi) is 3.92. The Hall–Kier alpha value is -2.47. The number of ether oxygens (including phenoxy) is 1. The number of anilines is 1. The molecule has 126 valence electrons. The largest absolute Gasteiger partial charge is 0.456 e. The number of halogens is 2. The summed E-state index contributed by atoms with van der Waals surface area (Å²) in [7, 11) is 0. The highest BCUT2D eigenvalue weighted by molar-refractivity contribution is 9.10. The number of amides is 1. The fraction of sp³-hybridized carbons (Fsp3) is 0.158. The zero-order valence-electron chi connectivity index (χ0n) is 13.0. The number of esters is 1. The summed E-state index contributed by atoms with van der Waals surface area (Å²) < 4.78 is 19.6. The number of benzene rings is 2. The monoisotopic (exact) mass is 401 g/mol. The van der Waals surface area contributed by atoms with Crippen molar-refractivity contribution < 1.29 is 18.7 Å². The van der Waals surface area contributed by atoms with Crippen LogP contribution in [-0.2, 0) is 14.3 Å². The highest BCUT2D eigenvalue weighted by Gasteiger charge is 2.43. The van der Waals surface area contributed by atoms with Gasteiger partial charge in [-0.25, -0.2) is 9.18 Å². The molecule has 25 heavy (non-hydrogen) atoms. The average molecular weight is 402 g/mol. The topological polar surface area (TPSA) is 46.6 Å². The fourth-order valence-corrected chi connectivity index (χ4v) is 3.76. The van der Waals surface area contributed by atoms with E-state index in [1.807, 2.05) is 18.2 Å². The van der Waals surface area contributed by atoms with Gasteiger partial charge in [0.25, 0.3) is 0 Å². The maximum Gasteiger partial charge on any atom is 0.336 e. The van der Waals surface area contributed by atoms with Crippen molar-refractivity contribution in [2.75, 3.05) is 11.5 Å². The van der Waals surface area contributed by atoms with Crippen LogP contribution in [0.15, 0.2) is 64.3 Å². The molecule has 0 saturated heterocycles. The second-order valence-corrected chi connectivity index (χ2v) is 6.87. The minimum Gasteiger partial charge on any atom is -0.456 e. The smallest absolute Gasteiger partial charge is 0.336 e. The van der Waals surface area contributed by atoms with E-state index >= 15 is 0 Å². The van der Waals surface area contributed by atoms with E-state index in [1.54, 1.807) is 18.2 Å². The summed E-state index contributed by atoms with van der Waals surface area (Å²) >= 11 is 3.40. The predicted octanol–water partition coefficient (Wildman–Crippen LogP) is 3.92. The molecule has 1 unspecified atom stereocenters. The van der Waals surface area contributed by atoms with Crippen LogP contribution in [0.1, 0.15) is 17.9 Å². The van der Waals surface area contributed by atoms with Gasteiger partial charge in [0.15, 0.2) is 0 Å². The van der Waals surface area contributed by atoms with Gasteiger partial charge in [-0.05, 0) is 35.9 Å². The van der Waals surface area contributed by atoms with E-state index in [-0.39, 0.29) is 18.9 Å². The average Bonchev–Trinajstić information content (AvgIpc) is 2.96. The summed E-state index contributed by atoms with van der Waals surface area (Å²) in [5.74, 6) is -1.48. The first-order chi connectivity index (χ1) is 12.0. The Balaban J connectivity index is 1.84. The standard InChI is InChI=1S/C19H13BrFNO3/c20-12-4-2-6-14(8-12)22-16-10-25-19(24)18(16)15(9-17(22)23)11-3-1-5-13(21)7-11/h1-8,15H,9-10H2. The van der Waals surface area contributed by atoms with Gasteiger partial charge in [0.1, 0.15) is 12.4 Å². The normalized spacial score (nSPS) is 19.9. The van der Waals surface area contributed by atoms with Gasteiger partial charge in [-0.3, -0.25) is 9.69 Å². The Morgan fingerprint density at radius 1 is 1.12 bits per heavy atom. The number of carbonyl (C=O) groups is 2. The van der Waals surface area contributed by atoms with Crippen LogP contribution in [0, 0.1) is 5.82 Å². The predicted molar refractivity (Wildman–Crippen MR) is 93.4 cm³/mol. The number of rotatable bonds is 2. The van der Waals surface area contributed by atoms with Gasteiger partial charge in [-0.1, -0.05) is 34.1 Å². The second-order valence-electron chi connectivity index (χ2n) is 5.96. The molecule has 1 atom stereocenters. The van der Waals surface area contributed by atoms with Gasteiger partial charge >= 0.3 is 5.97 Å². The molecule has 0 saturated carbocycles. The molecule has 2 heterocycles. The lowest BCUT2D eigenvalue weighted by molar-refractivity contribution is -0.136. The minimum absolute atomic E-state index is 0.0399. The molecule has 6 heteroatoms. The molecule has 2 aliphatic rings. The minimum atomic E-state index is -0.489. The van der Waals surface area contributed by atoms with Gasteiger partial charge in [-0.2, -0.15) is 0 Å². The molecule has 2 aliphatic heterocycles. The molecule has 4 rings (SSSR count). The molecule has 0 spiro atoms. The third-order valence-corrected chi connectivity index (χ3v) is 4.93. The summed E-state index contributed by atoms with van der Waals surface area (Å²) in [6.07, 6.45) is 0.0872. The summed E-state index contributed by atoms with van der Waals surface area (Å²) in [6, 6.07) is 13.3. The van der Waals surface area contributed by atoms with E-state index in [4.69, 9.17) is 4.74 Å². The van der Waals surface area contributed by atoms with E-state index < -0.39 is 17.7 Å². The van der Waals surface area contributed by atoms with Crippen molar-refractivity contribution in [3.63, 3.8) is 0 Å². The second kappa shape index (κ2) is 6.11. The number of nitrogens with zero attached hydrogens (tertiary/aromatic N) is 1. The Labute approximate surface area is 152 Å². The van der Waals surface area contributed by atoms with Crippen LogP contribution in [0.3, 0.4) is 0 Å². The van der Waals surface area contributed by atoms with E-state index in [0.29, 0.717) is 22.5 Å². The van der Waals surface area contributed by atoms with Crippen molar-refractivity contribution in [3.05, 3.63) is 75.7 Å². The molecule has 0 fully saturated rings. The highest BCUT2D eigenvalue weighted by Crippen LogP contribution is 2.42. The van der Waals surface area contributed by atoms with E-state index in [1.165, 1.54) is 17.0 Å². The SMILES string of the molecule is O=C1OCC2=C1C(c1cccc(F)c1)CC(=O)N2c1cccc(Br)c1. The van der Waals surface area contributed by atoms with Crippen LogP contribution >= 0.6 is 15.9 Å². The lowest BCUT2D eigenvalue weighted by Gasteiger charge is -2.32. The van der Waals surface area contributed by atoms with E-state index in [2.05, 4.69) is 15.9 Å². The zero-order valence-corrected chi connectivity index (χ0v) is 14.6. The quantitative estimate of drug-likeness (QED) is 0.716. The molecule has 0 aromatic heterocycles. The first-order valence-corrected chi connectivity index (χ1v) is 8.58. The third-order valence-electron chi connectivity index (χ3n) is 4.43. The molecule has 0 N–H and O–H groups in total. The Morgan fingerprint density at radius 2 is 1.92 bits per heavy atom. The summed E-state index contributed by atoms with van der Waals surface area (Å²) in [4.78, 5) is 26.7. The third kappa shape index (κ3) is 2.76. The van der Waals surface area contributed by atoms with Crippen LogP contribution in [0.4, 0.5) is 10.1 Å². The molecule has 2 aromatic carbocycles. The number of carbonyl (C=O) groups excluding carboxylic acids is 2. The first kappa shape index (κ1) is 16.0. The van der Waals surface area contributed by atoms with Gasteiger partial charge in [0.2, 0.25) is 5.91 Å². The lowest BCUT2D eigenvalue weighted by Crippen LogP contribution is -2.37. The van der Waals surface area contributed by atoms with Gasteiger partial charge in [0, 0.05) is 22.5 Å². The maximum atomic E-state index is 13.6. The van der Waals surface area contributed by atoms with Crippen LogP contribution in [-0.4, -0.2) is 18.5 Å². The number of hydrogen-bond donors (Lipinski definition) is 0. The summed E-state index contributed by atoms with van der Waals surface area (Å²) in [5.41, 5.74) is 2.25. The first-order valence-electron chi connectivity index (χ1n) is 7.79. The molecular formula is C19H13BrFNO3. The van der Waals surface area contributed by atoms with Crippen LogP contribution in [0.2, 0.25) is 0 Å². The fourth-order valence-electron chi connectivity index (χ4n) is 3.38. The Morgan fingerprint density at radius 3 is 2.68 bits per heavy atom. The van der Waals surface area contributed by atoms with Crippen molar-refractivity contribution in [2.45, 2.75) is 12.3 Å². The lowest BCUT2D eigenvalue weighted by atomic mass is 9.84. The Bertz CT molecular complexity index is 924. The number of cyclic esters (lactones) is 1. The number of hydrogen-bond acceptors (Lipinski definition) is 3. The molecule has 4 nitrogen and oxygen atoms in total. The molecular weight excluding hydrogens is 389 g/mol. The van der Waals surface area contributed by atoms with Crippen molar-refractivity contribution in [1.82, 2.24) is 0 Å². The van der Waals surface area contributed by atoms with Gasteiger partial charge in [-0.15, -0.1) is 0 Å². The van der Waals surface area contributed by atoms with Crippen LogP contribution in [0.5, 0.6) is 0 Å². The van der Waals surface area contributed by atoms with Crippen molar-refractivity contribution in [3.8, 4) is 0 Å². The molecule has 2 aromatic rings.